The van der Waals surface area contributed by atoms with Crippen LogP contribution in [0.1, 0.15) is 60.8 Å². The molecule has 0 bridgehead atoms. The maximum atomic E-state index is 13.0. The van der Waals surface area contributed by atoms with Gasteiger partial charge in [-0.25, -0.2) is 0 Å². The van der Waals surface area contributed by atoms with Crippen LogP contribution in [0.25, 0.3) is 0 Å². The highest BCUT2D eigenvalue weighted by atomic mass is 16.5. The summed E-state index contributed by atoms with van der Waals surface area (Å²) >= 11 is 0. The molecule has 2 fully saturated rings. The van der Waals surface area contributed by atoms with Crippen molar-refractivity contribution in [2.24, 2.45) is 5.92 Å². The van der Waals surface area contributed by atoms with Gasteiger partial charge in [0.15, 0.2) is 0 Å². The molecule has 3 rings (SSSR count). The van der Waals surface area contributed by atoms with Gasteiger partial charge in [-0.05, 0) is 62.6 Å². The van der Waals surface area contributed by atoms with Crippen molar-refractivity contribution in [3.05, 3.63) is 34.4 Å². The summed E-state index contributed by atoms with van der Waals surface area (Å²) in [5, 5.41) is 0. The molecule has 0 saturated carbocycles. The lowest BCUT2D eigenvalue weighted by Crippen LogP contribution is -2.45. The van der Waals surface area contributed by atoms with E-state index in [1.807, 2.05) is 0 Å². The second-order valence-corrected chi connectivity index (χ2v) is 7.79. The number of carbonyl (C=O) groups excluding carboxylic acids is 1. The molecule has 0 aromatic heterocycles. The first-order valence-corrected chi connectivity index (χ1v) is 9.26. The van der Waals surface area contributed by atoms with Crippen LogP contribution >= 0.6 is 0 Å². The van der Waals surface area contributed by atoms with Crippen LogP contribution < -0.4 is 0 Å². The Bertz CT molecular complexity index is 593. The summed E-state index contributed by atoms with van der Waals surface area (Å²) in [4.78, 5) is 13.0. The average molecular weight is 330 g/mol. The van der Waals surface area contributed by atoms with Crippen LogP contribution in [0.4, 0.5) is 0 Å². The molecule has 2 aliphatic heterocycles. The van der Waals surface area contributed by atoms with E-state index >= 15 is 0 Å². The molecule has 132 valence electrons. The van der Waals surface area contributed by atoms with E-state index < -0.39 is 0 Å². The standard InChI is InChI=1S/C21H30O3/c1-5-21(10-17-6-7-23-12-17)11-19(22)18(13-24-21)20-15(3)8-14(2)9-16(20)4/h8-9,17-18H,5-7,10-13H2,1-4H3. The quantitative estimate of drug-likeness (QED) is 0.827. The van der Waals surface area contributed by atoms with Crippen LogP contribution in [0, 0.1) is 26.7 Å². The molecule has 1 aromatic rings. The normalized spacial score (nSPS) is 30.8. The monoisotopic (exact) mass is 330 g/mol. The van der Waals surface area contributed by atoms with E-state index in [2.05, 4.69) is 39.8 Å². The van der Waals surface area contributed by atoms with E-state index in [-0.39, 0.29) is 11.5 Å². The lowest BCUT2D eigenvalue weighted by Gasteiger charge is -2.41. The SMILES string of the molecule is CCC1(CC2CCOC2)CC(=O)C(c2c(C)cc(C)cc2C)CO1. The fraction of sp³-hybridized carbons (Fsp3) is 0.667. The van der Waals surface area contributed by atoms with Crippen molar-refractivity contribution in [1.82, 2.24) is 0 Å². The minimum Gasteiger partial charge on any atom is -0.381 e. The molecular formula is C21H30O3. The van der Waals surface area contributed by atoms with Crippen LogP contribution in [0.2, 0.25) is 0 Å². The summed E-state index contributed by atoms with van der Waals surface area (Å²) in [7, 11) is 0. The second kappa shape index (κ2) is 6.97. The molecule has 0 spiro atoms. The summed E-state index contributed by atoms with van der Waals surface area (Å²) in [5.41, 5.74) is 4.57. The highest BCUT2D eigenvalue weighted by Gasteiger charge is 2.43. The largest absolute Gasteiger partial charge is 0.381 e. The van der Waals surface area contributed by atoms with Gasteiger partial charge in [0.1, 0.15) is 5.78 Å². The first kappa shape index (κ1) is 17.6. The molecule has 0 radical (unpaired) electrons. The average Bonchev–Trinajstić information content (AvgIpc) is 3.01. The van der Waals surface area contributed by atoms with Gasteiger partial charge in [0.05, 0.1) is 18.1 Å². The lowest BCUT2D eigenvalue weighted by molar-refractivity contribution is -0.147. The molecule has 3 heteroatoms. The fourth-order valence-corrected chi connectivity index (χ4v) is 4.60. The maximum absolute atomic E-state index is 13.0. The van der Waals surface area contributed by atoms with E-state index in [0.717, 1.165) is 32.5 Å². The minimum atomic E-state index is -0.279. The van der Waals surface area contributed by atoms with Crippen LogP contribution in [-0.2, 0) is 14.3 Å². The molecule has 2 aliphatic rings. The van der Waals surface area contributed by atoms with Crippen LogP contribution in [0.5, 0.6) is 0 Å². The number of carbonyl (C=O) groups is 1. The van der Waals surface area contributed by atoms with Gasteiger partial charge in [0, 0.05) is 19.6 Å². The molecule has 0 amide bonds. The second-order valence-electron chi connectivity index (χ2n) is 7.79. The first-order chi connectivity index (χ1) is 11.4. The summed E-state index contributed by atoms with van der Waals surface area (Å²) in [5.74, 6) is 0.777. The van der Waals surface area contributed by atoms with Gasteiger partial charge in [0.2, 0.25) is 0 Å². The molecule has 24 heavy (non-hydrogen) atoms. The molecular weight excluding hydrogens is 300 g/mol. The third kappa shape index (κ3) is 3.43. The number of hydrogen-bond donors (Lipinski definition) is 0. The molecule has 2 saturated heterocycles. The molecule has 2 heterocycles. The molecule has 3 nitrogen and oxygen atoms in total. The van der Waals surface area contributed by atoms with Crippen LogP contribution in [0.15, 0.2) is 12.1 Å². The third-order valence-electron chi connectivity index (χ3n) is 5.86. The van der Waals surface area contributed by atoms with E-state index in [0.29, 0.717) is 24.7 Å². The highest BCUT2D eigenvalue weighted by molar-refractivity contribution is 5.88. The zero-order chi connectivity index (χ0) is 17.3. The third-order valence-corrected chi connectivity index (χ3v) is 5.86. The number of Topliss-reactive ketones (excluding diaryl/α,β-unsaturated/α-hetero) is 1. The summed E-state index contributed by atoms with van der Waals surface area (Å²) in [6, 6.07) is 4.35. The number of benzene rings is 1. The fourth-order valence-electron chi connectivity index (χ4n) is 4.60. The zero-order valence-corrected chi connectivity index (χ0v) is 15.5. The van der Waals surface area contributed by atoms with Gasteiger partial charge >= 0.3 is 0 Å². The predicted molar refractivity (Wildman–Crippen MR) is 95.5 cm³/mol. The molecule has 3 unspecified atom stereocenters. The van der Waals surface area contributed by atoms with Crippen molar-refractivity contribution in [1.29, 1.82) is 0 Å². The minimum absolute atomic E-state index is 0.106. The first-order valence-electron chi connectivity index (χ1n) is 9.26. The Kier molecular flexibility index (Phi) is 5.12. The van der Waals surface area contributed by atoms with Crippen LogP contribution in [0.3, 0.4) is 0 Å². The zero-order valence-electron chi connectivity index (χ0n) is 15.5. The summed E-state index contributed by atoms with van der Waals surface area (Å²) in [6.45, 7) is 10.7. The maximum Gasteiger partial charge on any atom is 0.145 e. The molecule has 3 atom stereocenters. The smallest absolute Gasteiger partial charge is 0.145 e. The molecule has 0 aliphatic carbocycles. The van der Waals surface area contributed by atoms with Crippen molar-refractivity contribution in [3.8, 4) is 0 Å². The van der Waals surface area contributed by atoms with E-state index in [1.165, 1.54) is 22.3 Å². The van der Waals surface area contributed by atoms with Gasteiger partial charge in [0.25, 0.3) is 0 Å². The van der Waals surface area contributed by atoms with E-state index in [1.54, 1.807) is 0 Å². The van der Waals surface area contributed by atoms with Crippen molar-refractivity contribution in [2.75, 3.05) is 19.8 Å². The predicted octanol–water partition coefficient (Wildman–Crippen LogP) is 4.26. The number of ether oxygens (including phenoxy) is 2. The Morgan fingerprint density at radius 3 is 2.42 bits per heavy atom. The Hall–Kier alpha value is -1.19. The highest BCUT2D eigenvalue weighted by Crippen LogP contribution is 2.40. The molecule has 1 aromatic carbocycles. The van der Waals surface area contributed by atoms with Crippen molar-refractivity contribution in [3.63, 3.8) is 0 Å². The van der Waals surface area contributed by atoms with E-state index in [9.17, 15) is 4.79 Å². The topological polar surface area (TPSA) is 35.5 Å². The van der Waals surface area contributed by atoms with Gasteiger partial charge in [-0.1, -0.05) is 24.6 Å². The number of ketones is 1. The Labute approximate surface area is 145 Å². The summed E-state index contributed by atoms with van der Waals surface area (Å²) < 4.78 is 11.9. The van der Waals surface area contributed by atoms with Gasteiger partial charge in [-0.15, -0.1) is 0 Å². The van der Waals surface area contributed by atoms with E-state index in [4.69, 9.17) is 9.47 Å². The number of aryl methyl sites for hydroxylation is 3. The van der Waals surface area contributed by atoms with Crippen molar-refractivity contribution in [2.45, 2.75) is 64.9 Å². The Morgan fingerprint density at radius 1 is 1.17 bits per heavy atom. The van der Waals surface area contributed by atoms with Crippen molar-refractivity contribution < 1.29 is 14.3 Å². The van der Waals surface area contributed by atoms with Gasteiger partial charge in [-0.3, -0.25) is 4.79 Å². The Balaban J connectivity index is 1.78. The number of hydrogen-bond acceptors (Lipinski definition) is 3. The van der Waals surface area contributed by atoms with Gasteiger partial charge < -0.3 is 9.47 Å². The lowest BCUT2D eigenvalue weighted by atomic mass is 9.76. The Morgan fingerprint density at radius 2 is 1.88 bits per heavy atom. The number of rotatable bonds is 4. The van der Waals surface area contributed by atoms with Gasteiger partial charge in [-0.2, -0.15) is 0 Å². The summed E-state index contributed by atoms with van der Waals surface area (Å²) in [6.07, 6.45) is 3.48. The van der Waals surface area contributed by atoms with Crippen molar-refractivity contribution >= 4 is 5.78 Å². The molecule has 0 N–H and O–H groups in total. The van der Waals surface area contributed by atoms with Crippen LogP contribution in [-0.4, -0.2) is 31.2 Å².